The average molecular weight is 301 g/mol. The summed E-state index contributed by atoms with van der Waals surface area (Å²) >= 11 is 0. The van der Waals surface area contributed by atoms with E-state index in [0.717, 1.165) is 18.5 Å². The van der Waals surface area contributed by atoms with Crippen molar-refractivity contribution in [2.24, 2.45) is 0 Å². The first-order chi connectivity index (χ1) is 10.5. The lowest BCUT2D eigenvalue weighted by molar-refractivity contribution is -0.385. The lowest BCUT2D eigenvalue weighted by Crippen LogP contribution is -2.24. The smallest absolute Gasteiger partial charge is 0.290 e. The van der Waals surface area contributed by atoms with Crippen molar-refractivity contribution in [3.8, 4) is 5.75 Å². The highest BCUT2D eigenvalue weighted by Crippen LogP contribution is 2.25. The minimum Gasteiger partial charge on any atom is -0.508 e. The number of aromatic hydroxyl groups is 1. The van der Waals surface area contributed by atoms with E-state index >= 15 is 0 Å². The first kappa shape index (κ1) is 15.8. The van der Waals surface area contributed by atoms with Gasteiger partial charge in [-0.15, -0.1) is 0 Å². The van der Waals surface area contributed by atoms with Crippen LogP contribution in [0.4, 0.5) is 11.5 Å². The first-order valence-corrected chi connectivity index (χ1v) is 7.15. The average Bonchev–Trinajstić information content (AvgIpc) is 2.48. The van der Waals surface area contributed by atoms with E-state index in [-0.39, 0.29) is 11.4 Å². The van der Waals surface area contributed by atoms with E-state index in [0.29, 0.717) is 17.9 Å². The van der Waals surface area contributed by atoms with Crippen LogP contribution in [-0.4, -0.2) is 21.6 Å². The molecule has 1 aromatic carbocycles. The van der Waals surface area contributed by atoms with Crippen molar-refractivity contribution < 1.29 is 10.0 Å². The molecule has 6 nitrogen and oxygen atoms in total. The highest BCUT2D eigenvalue weighted by atomic mass is 16.6. The third kappa shape index (κ3) is 3.52. The molecule has 116 valence electrons. The number of anilines is 1. The minimum atomic E-state index is -0.431. The van der Waals surface area contributed by atoms with E-state index < -0.39 is 4.92 Å². The number of pyridine rings is 1. The predicted molar refractivity (Wildman–Crippen MR) is 85.1 cm³/mol. The summed E-state index contributed by atoms with van der Waals surface area (Å²) in [6.45, 7) is 5.01. The number of hydrogen-bond acceptors (Lipinski definition) is 5. The molecule has 0 radical (unpaired) electrons. The van der Waals surface area contributed by atoms with Crippen LogP contribution in [0.5, 0.6) is 5.75 Å². The molecule has 0 aliphatic heterocycles. The van der Waals surface area contributed by atoms with Crippen LogP contribution in [-0.2, 0) is 6.54 Å². The fourth-order valence-corrected chi connectivity index (χ4v) is 2.29. The summed E-state index contributed by atoms with van der Waals surface area (Å²) in [6, 6.07) is 8.86. The van der Waals surface area contributed by atoms with Crippen molar-refractivity contribution >= 4 is 11.5 Å². The van der Waals surface area contributed by atoms with Crippen molar-refractivity contribution in [3.05, 3.63) is 57.8 Å². The molecule has 0 unspecified atom stereocenters. The molecule has 0 fully saturated rings. The second-order valence-electron chi connectivity index (χ2n) is 5.14. The Balaban J connectivity index is 2.30. The molecular weight excluding hydrogens is 282 g/mol. The third-order valence-corrected chi connectivity index (χ3v) is 3.44. The van der Waals surface area contributed by atoms with Gasteiger partial charge in [0.1, 0.15) is 17.8 Å². The van der Waals surface area contributed by atoms with Gasteiger partial charge in [-0.05, 0) is 25.5 Å². The Morgan fingerprint density at radius 1 is 1.36 bits per heavy atom. The van der Waals surface area contributed by atoms with Gasteiger partial charge in [-0.2, -0.15) is 0 Å². The number of aromatic nitrogens is 1. The van der Waals surface area contributed by atoms with E-state index in [4.69, 9.17) is 0 Å². The van der Waals surface area contributed by atoms with Crippen molar-refractivity contribution in [1.82, 2.24) is 4.98 Å². The molecule has 0 aliphatic carbocycles. The summed E-state index contributed by atoms with van der Waals surface area (Å²) in [4.78, 5) is 16.7. The topological polar surface area (TPSA) is 79.5 Å². The van der Waals surface area contributed by atoms with Crippen LogP contribution in [0.2, 0.25) is 0 Å². The highest BCUT2D eigenvalue weighted by Gasteiger charge is 2.16. The van der Waals surface area contributed by atoms with E-state index in [2.05, 4.69) is 11.9 Å². The highest BCUT2D eigenvalue weighted by molar-refractivity contribution is 5.49. The number of rotatable bonds is 6. The Kier molecular flexibility index (Phi) is 4.93. The standard InChI is InChI=1S/C16H19N3O3/c1-3-8-18(11-13-6-4-5-7-15(13)20)16-9-12(2)14(10-17-16)19(21)22/h4-7,9-10,20H,3,8,11H2,1-2H3. The Hall–Kier alpha value is -2.63. The molecule has 0 spiro atoms. The molecule has 0 aliphatic rings. The number of para-hydroxylation sites is 1. The molecular formula is C16H19N3O3. The Morgan fingerprint density at radius 3 is 2.68 bits per heavy atom. The van der Waals surface area contributed by atoms with Crippen LogP contribution in [0, 0.1) is 17.0 Å². The van der Waals surface area contributed by atoms with Gasteiger partial charge in [0.25, 0.3) is 5.69 Å². The lowest BCUT2D eigenvalue weighted by atomic mass is 10.1. The molecule has 0 saturated carbocycles. The fraction of sp³-hybridized carbons (Fsp3) is 0.312. The minimum absolute atomic E-state index is 0.0164. The molecule has 1 heterocycles. The molecule has 2 rings (SSSR count). The summed E-state index contributed by atoms with van der Waals surface area (Å²) in [6.07, 6.45) is 2.20. The van der Waals surface area contributed by atoms with Gasteiger partial charge in [-0.3, -0.25) is 10.1 Å². The number of phenolic OH excluding ortho intramolecular Hbond substituents is 1. The zero-order valence-corrected chi connectivity index (χ0v) is 12.7. The van der Waals surface area contributed by atoms with Crippen molar-refractivity contribution in [3.63, 3.8) is 0 Å². The summed E-state index contributed by atoms with van der Waals surface area (Å²) < 4.78 is 0. The van der Waals surface area contributed by atoms with E-state index in [9.17, 15) is 15.2 Å². The molecule has 6 heteroatoms. The van der Waals surface area contributed by atoms with Crippen LogP contribution in [0.3, 0.4) is 0 Å². The van der Waals surface area contributed by atoms with Crippen LogP contribution in [0.1, 0.15) is 24.5 Å². The quantitative estimate of drug-likeness (QED) is 0.653. The van der Waals surface area contributed by atoms with Crippen LogP contribution >= 0.6 is 0 Å². The number of phenols is 1. The zero-order chi connectivity index (χ0) is 16.1. The number of hydrogen-bond donors (Lipinski definition) is 1. The molecule has 1 aromatic heterocycles. The maximum Gasteiger partial charge on any atom is 0.290 e. The van der Waals surface area contributed by atoms with Gasteiger partial charge in [0.15, 0.2) is 0 Å². The SMILES string of the molecule is CCCN(Cc1ccccc1O)c1cc(C)c([N+](=O)[O-])cn1. The van der Waals surface area contributed by atoms with Gasteiger partial charge in [0.2, 0.25) is 0 Å². The predicted octanol–water partition coefficient (Wildman–Crippen LogP) is 3.42. The summed E-state index contributed by atoms with van der Waals surface area (Å²) in [5.74, 6) is 0.912. The number of aryl methyl sites for hydroxylation is 1. The van der Waals surface area contributed by atoms with Crippen LogP contribution < -0.4 is 4.90 Å². The lowest BCUT2D eigenvalue weighted by Gasteiger charge is -2.24. The summed E-state index contributed by atoms with van der Waals surface area (Å²) in [5.41, 5.74) is 1.39. The monoisotopic (exact) mass is 301 g/mol. The molecule has 22 heavy (non-hydrogen) atoms. The molecule has 1 N–H and O–H groups in total. The van der Waals surface area contributed by atoms with Crippen molar-refractivity contribution in [2.75, 3.05) is 11.4 Å². The summed E-state index contributed by atoms with van der Waals surface area (Å²) in [7, 11) is 0. The fourth-order valence-electron chi connectivity index (χ4n) is 2.29. The number of nitrogens with zero attached hydrogens (tertiary/aromatic N) is 3. The van der Waals surface area contributed by atoms with Gasteiger partial charge in [-0.1, -0.05) is 25.1 Å². The van der Waals surface area contributed by atoms with Gasteiger partial charge in [-0.25, -0.2) is 4.98 Å². The molecule has 0 bridgehead atoms. The maximum atomic E-state index is 10.9. The molecule has 0 atom stereocenters. The third-order valence-electron chi connectivity index (χ3n) is 3.44. The second-order valence-corrected chi connectivity index (χ2v) is 5.14. The Bertz CT molecular complexity index is 673. The van der Waals surface area contributed by atoms with E-state index in [1.165, 1.54) is 6.20 Å². The maximum absolute atomic E-state index is 10.9. The normalized spacial score (nSPS) is 10.5. The largest absolute Gasteiger partial charge is 0.508 e. The van der Waals surface area contributed by atoms with Crippen molar-refractivity contribution in [2.45, 2.75) is 26.8 Å². The van der Waals surface area contributed by atoms with Gasteiger partial charge in [0, 0.05) is 24.2 Å². The molecule has 0 amide bonds. The van der Waals surface area contributed by atoms with Gasteiger partial charge >= 0.3 is 0 Å². The van der Waals surface area contributed by atoms with Gasteiger partial charge in [0.05, 0.1) is 4.92 Å². The summed E-state index contributed by atoms with van der Waals surface area (Å²) in [5, 5.41) is 20.8. The Morgan fingerprint density at radius 2 is 2.09 bits per heavy atom. The van der Waals surface area contributed by atoms with Crippen molar-refractivity contribution in [1.29, 1.82) is 0 Å². The second kappa shape index (κ2) is 6.89. The van der Waals surface area contributed by atoms with Gasteiger partial charge < -0.3 is 10.0 Å². The van der Waals surface area contributed by atoms with Crippen LogP contribution in [0.15, 0.2) is 36.5 Å². The number of benzene rings is 1. The van der Waals surface area contributed by atoms with Crippen LogP contribution in [0.25, 0.3) is 0 Å². The zero-order valence-electron chi connectivity index (χ0n) is 12.7. The Labute approximate surface area is 129 Å². The van der Waals surface area contributed by atoms with E-state index in [1.807, 2.05) is 17.0 Å². The molecule has 0 saturated heterocycles. The number of nitro groups is 1. The van der Waals surface area contributed by atoms with E-state index in [1.54, 1.807) is 25.1 Å². The molecule has 2 aromatic rings. The first-order valence-electron chi connectivity index (χ1n) is 7.15.